The van der Waals surface area contributed by atoms with Crippen LogP contribution >= 0.6 is 0 Å². The largest absolute Gasteiger partial charge is 0.315 e. The standard InChI is InChI=1S/C30H38N2O/c33-20-26-19-31-21-30(26)27-14-8-7-13-25(27)18-29(30)32-16-15-24(22-9-3-1-4-10-22)17-28(32)23-11-5-2-6-12-23/h1,3-4,7-10,13-14,20,23-24,26,28-29,31H,2,5-6,11-12,15-19,21H2/t24-,26+,28+,29?,30-/m1/s1. The summed E-state index contributed by atoms with van der Waals surface area (Å²) in [5.74, 6) is 1.54. The van der Waals surface area contributed by atoms with Crippen LogP contribution in [-0.2, 0) is 16.6 Å². The van der Waals surface area contributed by atoms with E-state index in [0.29, 0.717) is 18.0 Å². The maximum absolute atomic E-state index is 12.4. The second kappa shape index (κ2) is 9.00. The minimum absolute atomic E-state index is 0.0646. The highest BCUT2D eigenvalue weighted by Crippen LogP contribution is 2.51. The molecule has 2 aliphatic carbocycles. The molecular formula is C30H38N2O. The molecule has 2 saturated heterocycles. The summed E-state index contributed by atoms with van der Waals surface area (Å²) < 4.78 is 0. The molecule has 4 aliphatic rings. The fourth-order valence-corrected chi connectivity index (χ4v) is 8.13. The lowest BCUT2D eigenvalue weighted by molar-refractivity contribution is -0.113. The number of piperidine rings is 1. The van der Waals surface area contributed by atoms with Gasteiger partial charge in [-0.3, -0.25) is 4.90 Å². The molecule has 1 N–H and O–H groups in total. The summed E-state index contributed by atoms with van der Waals surface area (Å²) in [7, 11) is 0. The van der Waals surface area contributed by atoms with Crippen molar-refractivity contribution in [1.82, 2.24) is 10.2 Å². The molecule has 1 saturated carbocycles. The molecule has 2 heterocycles. The first-order valence-corrected chi connectivity index (χ1v) is 13.4. The maximum atomic E-state index is 12.4. The van der Waals surface area contributed by atoms with E-state index in [1.165, 1.54) is 67.9 Å². The SMILES string of the molecule is O=C[C@@H]1CNC[C@]12c1ccccc1CC2N1CC[C@@H](c2ccccc2)C[C@H]1C1CCCCC1. The lowest BCUT2D eigenvalue weighted by atomic mass is 9.68. The Hall–Kier alpha value is -1.97. The van der Waals surface area contributed by atoms with E-state index in [1.54, 1.807) is 0 Å². The van der Waals surface area contributed by atoms with Gasteiger partial charge in [0.2, 0.25) is 0 Å². The molecule has 2 aliphatic heterocycles. The molecule has 0 amide bonds. The van der Waals surface area contributed by atoms with Gasteiger partial charge in [-0.15, -0.1) is 0 Å². The Morgan fingerprint density at radius 2 is 1.73 bits per heavy atom. The summed E-state index contributed by atoms with van der Waals surface area (Å²) in [6.07, 6.45) is 11.8. The van der Waals surface area contributed by atoms with Gasteiger partial charge in [-0.05, 0) is 67.2 Å². The molecule has 6 rings (SSSR count). The third-order valence-electron chi connectivity index (χ3n) is 9.69. The van der Waals surface area contributed by atoms with Crippen LogP contribution in [0.4, 0.5) is 0 Å². The van der Waals surface area contributed by atoms with Gasteiger partial charge in [-0.2, -0.15) is 0 Å². The number of hydrogen-bond acceptors (Lipinski definition) is 3. The van der Waals surface area contributed by atoms with Gasteiger partial charge >= 0.3 is 0 Å². The molecule has 33 heavy (non-hydrogen) atoms. The van der Waals surface area contributed by atoms with Gasteiger partial charge in [0.1, 0.15) is 6.29 Å². The summed E-state index contributed by atoms with van der Waals surface area (Å²) in [4.78, 5) is 15.3. The van der Waals surface area contributed by atoms with E-state index in [9.17, 15) is 4.79 Å². The molecule has 2 aromatic carbocycles. The van der Waals surface area contributed by atoms with Crippen molar-refractivity contribution in [2.75, 3.05) is 19.6 Å². The molecule has 3 fully saturated rings. The first-order valence-electron chi connectivity index (χ1n) is 13.4. The summed E-state index contributed by atoms with van der Waals surface area (Å²) >= 11 is 0. The van der Waals surface area contributed by atoms with E-state index in [1.807, 2.05) is 0 Å². The highest BCUT2D eigenvalue weighted by atomic mass is 16.1. The number of aldehydes is 1. The molecule has 1 unspecified atom stereocenters. The third-order valence-corrected chi connectivity index (χ3v) is 9.69. The number of hydrogen-bond donors (Lipinski definition) is 1. The van der Waals surface area contributed by atoms with Crippen LogP contribution in [0.1, 0.15) is 67.6 Å². The number of nitrogens with one attached hydrogen (secondary N) is 1. The molecule has 2 aromatic rings. The Morgan fingerprint density at radius 1 is 0.939 bits per heavy atom. The quantitative estimate of drug-likeness (QED) is 0.669. The van der Waals surface area contributed by atoms with Gasteiger partial charge in [0.05, 0.1) is 0 Å². The zero-order valence-corrected chi connectivity index (χ0v) is 19.8. The van der Waals surface area contributed by atoms with E-state index in [0.717, 1.165) is 32.0 Å². The van der Waals surface area contributed by atoms with E-state index in [-0.39, 0.29) is 11.3 Å². The number of fused-ring (bicyclic) bond motifs is 2. The van der Waals surface area contributed by atoms with Crippen molar-refractivity contribution in [3.05, 3.63) is 71.3 Å². The second-order valence-corrected chi connectivity index (χ2v) is 11.1. The molecular weight excluding hydrogens is 404 g/mol. The topological polar surface area (TPSA) is 32.3 Å². The first kappa shape index (κ1) is 21.6. The Bertz CT molecular complexity index is 968. The Balaban J connectivity index is 1.37. The fraction of sp³-hybridized carbons (Fsp3) is 0.567. The second-order valence-electron chi connectivity index (χ2n) is 11.1. The monoisotopic (exact) mass is 442 g/mol. The van der Waals surface area contributed by atoms with E-state index < -0.39 is 0 Å². The van der Waals surface area contributed by atoms with Crippen LogP contribution in [0.2, 0.25) is 0 Å². The highest BCUT2D eigenvalue weighted by molar-refractivity contribution is 5.63. The normalized spacial score (nSPS) is 35.0. The Kier molecular flexibility index (Phi) is 5.88. The average Bonchev–Trinajstić information content (AvgIpc) is 3.47. The molecule has 0 aromatic heterocycles. The zero-order chi connectivity index (χ0) is 22.3. The van der Waals surface area contributed by atoms with Crippen molar-refractivity contribution < 1.29 is 4.79 Å². The minimum Gasteiger partial charge on any atom is -0.315 e. The van der Waals surface area contributed by atoms with Crippen molar-refractivity contribution in [3.63, 3.8) is 0 Å². The third kappa shape index (κ3) is 3.59. The molecule has 5 atom stereocenters. The van der Waals surface area contributed by atoms with Crippen LogP contribution in [0.5, 0.6) is 0 Å². The van der Waals surface area contributed by atoms with Crippen molar-refractivity contribution in [2.24, 2.45) is 11.8 Å². The summed E-state index contributed by atoms with van der Waals surface area (Å²) in [5.41, 5.74) is 4.39. The van der Waals surface area contributed by atoms with Gasteiger partial charge in [0.15, 0.2) is 0 Å². The molecule has 3 heteroatoms. The minimum atomic E-state index is -0.0646. The van der Waals surface area contributed by atoms with E-state index >= 15 is 0 Å². The summed E-state index contributed by atoms with van der Waals surface area (Å²) in [6.45, 7) is 2.92. The van der Waals surface area contributed by atoms with Gasteiger partial charge in [0, 0.05) is 36.5 Å². The van der Waals surface area contributed by atoms with Crippen LogP contribution in [0.15, 0.2) is 54.6 Å². The number of rotatable bonds is 4. The van der Waals surface area contributed by atoms with Gasteiger partial charge in [-0.1, -0.05) is 73.9 Å². The summed E-state index contributed by atoms with van der Waals surface area (Å²) in [6, 6.07) is 21.3. The van der Waals surface area contributed by atoms with Crippen LogP contribution in [0.25, 0.3) is 0 Å². The molecule has 0 bridgehead atoms. The van der Waals surface area contributed by atoms with Crippen molar-refractivity contribution in [1.29, 1.82) is 0 Å². The van der Waals surface area contributed by atoms with Crippen LogP contribution in [0, 0.1) is 11.8 Å². The number of carbonyl (C=O) groups excluding carboxylic acids is 1. The number of benzene rings is 2. The van der Waals surface area contributed by atoms with E-state index in [4.69, 9.17) is 0 Å². The van der Waals surface area contributed by atoms with Crippen molar-refractivity contribution >= 4 is 6.29 Å². The van der Waals surface area contributed by atoms with Gasteiger partial charge in [0.25, 0.3) is 0 Å². The van der Waals surface area contributed by atoms with E-state index in [2.05, 4.69) is 64.8 Å². The summed E-state index contributed by atoms with van der Waals surface area (Å²) in [5, 5.41) is 3.64. The lowest BCUT2D eigenvalue weighted by Crippen LogP contribution is -2.59. The smallest absolute Gasteiger partial charge is 0.125 e. The lowest BCUT2D eigenvalue weighted by Gasteiger charge is -2.52. The van der Waals surface area contributed by atoms with Crippen molar-refractivity contribution in [2.45, 2.75) is 74.8 Å². The average molecular weight is 443 g/mol. The van der Waals surface area contributed by atoms with Crippen LogP contribution < -0.4 is 5.32 Å². The molecule has 1 spiro atoms. The van der Waals surface area contributed by atoms with Gasteiger partial charge < -0.3 is 10.1 Å². The highest BCUT2D eigenvalue weighted by Gasteiger charge is 2.57. The zero-order valence-electron chi connectivity index (χ0n) is 19.8. The first-order chi connectivity index (χ1) is 16.3. The maximum Gasteiger partial charge on any atom is 0.125 e. The predicted molar refractivity (Wildman–Crippen MR) is 134 cm³/mol. The molecule has 3 nitrogen and oxygen atoms in total. The van der Waals surface area contributed by atoms with Crippen LogP contribution in [0.3, 0.4) is 0 Å². The number of carbonyl (C=O) groups is 1. The Labute approximate surface area is 199 Å². The molecule has 174 valence electrons. The van der Waals surface area contributed by atoms with Crippen molar-refractivity contribution in [3.8, 4) is 0 Å². The van der Waals surface area contributed by atoms with Crippen LogP contribution in [-0.4, -0.2) is 42.9 Å². The van der Waals surface area contributed by atoms with Gasteiger partial charge in [-0.25, -0.2) is 0 Å². The number of nitrogens with zero attached hydrogens (tertiary/aromatic N) is 1. The predicted octanol–water partition coefficient (Wildman–Crippen LogP) is 5.10. The molecule has 0 radical (unpaired) electrons. The fourth-order valence-electron chi connectivity index (χ4n) is 8.13. The number of likely N-dealkylation sites (tertiary alicyclic amines) is 1. The Morgan fingerprint density at radius 3 is 2.55 bits per heavy atom.